The van der Waals surface area contributed by atoms with E-state index < -0.39 is 11.9 Å². The van der Waals surface area contributed by atoms with Crippen molar-refractivity contribution in [3.63, 3.8) is 0 Å². The van der Waals surface area contributed by atoms with Crippen LogP contribution >= 0.6 is 0 Å². The molecule has 0 unspecified atom stereocenters. The number of carbonyl (C=O) groups excluding carboxylic acids is 2. The quantitative estimate of drug-likeness (QED) is 0.545. The summed E-state index contributed by atoms with van der Waals surface area (Å²) >= 11 is 0. The van der Waals surface area contributed by atoms with Crippen molar-refractivity contribution in [3.8, 4) is 0 Å². The normalized spacial score (nSPS) is 10.7. The van der Waals surface area contributed by atoms with Crippen LogP contribution in [0.25, 0.3) is 0 Å². The van der Waals surface area contributed by atoms with Gasteiger partial charge in [-0.05, 0) is 0 Å². The van der Waals surface area contributed by atoms with E-state index in [0.717, 1.165) is 5.69 Å². The van der Waals surface area contributed by atoms with Gasteiger partial charge in [-0.1, -0.05) is 19.1 Å². The maximum Gasteiger partial charge on any atom is 0.321 e. The predicted molar refractivity (Wildman–Crippen MR) is 75.4 cm³/mol. The SMILES string of the molecule is COCCNC(=O)NC(=O)Cn1cc(CNC(C)C)nn1. The Hall–Kier alpha value is -2.00. The maximum atomic E-state index is 11.6. The zero-order valence-corrected chi connectivity index (χ0v) is 12.5. The fraction of sp³-hybridized carbons (Fsp3) is 0.667. The smallest absolute Gasteiger partial charge is 0.321 e. The van der Waals surface area contributed by atoms with Crippen LogP contribution in [0.3, 0.4) is 0 Å². The van der Waals surface area contributed by atoms with Gasteiger partial charge in [0.15, 0.2) is 0 Å². The molecule has 1 rings (SSSR count). The summed E-state index contributed by atoms with van der Waals surface area (Å²) in [5.74, 6) is -0.460. The van der Waals surface area contributed by atoms with Gasteiger partial charge in [0.1, 0.15) is 6.54 Å². The topological polar surface area (TPSA) is 110 Å². The number of nitrogens with one attached hydrogen (secondary N) is 3. The van der Waals surface area contributed by atoms with Crippen LogP contribution in [0.15, 0.2) is 6.20 Å². The molecule has 0 atom stereocenters. The summed E-state index contributed by atoms with van der Waals surface area (Å²) in [5.41, 5.74) is 0.737. The monoisotopic (exact) mass is 298 g/mol. The molecule has 3 amide bonds. The molecule has 0 saturated heterocycles. The van der Waals surface area contributed by atoms with E-state index in [1.165, 1.54) is 11.8 Å². The van der Waals surface area contributed by atoms with Crippen LogP contribution in [0.1, 0.15) is 19.5 Å². The first kappa shape index (κ1) is 17.1. The van der Waals surface area contributed by atoms with Gasteiger partial charge >= 0.3 is 6.03 Å². The van der Waals surface area contributed by atoms with E-state index >= 15 is 0 Å². The molecule has 0 spiro atoms. The average molecular weight is 298 g/mol. The van der Waals surface area contributed by atoms with E-state index in [1.54, 1.807) is 6.20 Å². The zero-order chi connectivity index (χ0) is 15.7. The number of carbonyl (C=O) groups is 2. The number of ether oxygens (including phenoxy) is 1. The fourth-order valence-electron chi connectivity index (χ4n) is 1.43. The van der Waals surface area contributed by atoms with Gasteiger partial charge in [0.05, 0.1) is 18.5 Å². The molecule has 1 heterocycles. The molecule has 21 heavy (non-hydrogen) atoms. The van der Waals surface area contributed by atoms with Crippen molar-refractivity contribution in [3.05, 3.63) is 11.9 Å². The maximum absolute atomic E-state index is 11.6. The van der Waals surface area contributed by atoms with E-state index in [4.69, 9.17) is 4.74 Å². The Morgan fingerprint density at radius 2 is 2.19 bits per heavy atom. The van der Waals surface area contributed by atoms with Crippen LogP contribution in [-0.2, 0) is 22.6 Å². The summed E-state index contributed by atoms with van der Waals surface area (Å²) in [6.07, 6.45) is 1.66. The number of urea groups is 1. The predicted octanol–water partition coefficient (Wildman–Crippen LogP) is -0.752. The molecule has 0 saturated carbocycles. The first-order valence-corrected chi connectivity index (χ1v) is 6.70. The molecule has 0 radical (unpaired) electrons. The molecular formula is C12H22N6O3. The third kappa shape index (κ3) is 7.37. The standard InChI is InChI=1S/C12H22N6O3/c1-9(2)14-6-10-7-18(17-16-10)8-11(19)15-12(20)13-4-5-21-3/h7,9,14H,4-6,8H2,1-3H3,(H2,13,15,19,20). The molecule has 9 heteroatoms. The molecule has 9 nitrogen and oxygen atoms in total. The number of hydrogen-bond donors (Lipinski definition) is 3. The summed E-state index contributed by atoms with van der Waals surface area (Å²) in [7, 11) is 1.53. The fourth-order valence-corrected chi connectivity index (χ4v) is 1.43. The van der Waals surface area contributed by atoms with Crippen LogP contribution in [0, 0.1) is 0 Å². The second-order valence-corrected chi connectivity index (χ2v) is 4.74. The lowest BCUT2D eigenvalue weighted by atomic mass is 10.3. The van der Waals surface area contributed by atoms with Gasteiger partial charge in [-0.2, -0.15) is 0 Å². The number of amides is 3. The molecule has 0 aromatic carbocycles. The summed E-state index contributed by atoms with van der Waals surface area (Å²) < 4.78 is 6.16. The lowest BCUT2D eigenvalue weighted by molar-refractivity contribution is -0.120. The Bertz CT molecular complexity index is 460. The Balaban J connectivity index is 2.32. The Kier molecular flexibility index (Phi) is 7.33. The first-order chi connectivity index (χ1) is 10.0. The lowest BCUT2D eigenvalue weighted by Crippen LogP contribution is -2.42. The Labute approximate surface area is 123 Å². The summed E-state index contributed by atoms with van der Waals surface area (Å²) in [6.45, 7) is 5.30. The molecule has 118 valence electrons. The van der Waals surface area contributed by atoms with Gasteiger partial charge < -0.3 is 15.4 Å². The molecule has 3 N–H and O–H groups in total. The van der Waals surface area contributed by atoms with E-state index in [9.17, 15) is 9.59 Å². The van der Waals surface area contributed by atoms with Crippen molar-refractivity contribution in [2.75, 3.05) is 20.3 Å². The van der Waals surface area contributed by atoms with Gasteiger partial charge in [-0.25, -0.2) is 9.48 Å². The van der Waals surface area contributed by atoms with Gasteiger partial charge in [-0.3, -0.25) is 10.1 Å². The molecule has 0 aliphatic carbocycles. The molecule has 0 bridgehead atoms. The minimum Gasteiger partial charge on any atom is -0.383 e. The lowest BCUT2D eigenvalue weighted by Gasteiger charge is -2.06. The Morgan fingerprint density at radius 1 is 1.43 bits per heavy atom. The van der Waals surface area contributed by atoms with E-state index in [2.05, 4.69) is 26.3 Å². The molecule has 0 aliphatic heterocycles. The van der Waals surface area contributed by atoms with Crippen molar-refractivity contribution >= 4 is 11.9 Å². The number of rotatable bonds is 8. The van der Waals surface area contributed by atoms with Crippen molar-refractivity contribution < 1.29 is 14.3 Å². The third-order valence-corrected chi connectivity index (χ3v) is 2.43. The van der Waals surface area contributed by atoms with E-state index in [1.807, 2.05) is 13.8 Å². The van der Waals surface area contributed by atoms with E-state index in [0.29, 0.717) is 25.7 Å². The highest BCUT2D eigenvalue weighted by Gasteiger charge is 2.09. The second kappa shape index (κ2) is 9.03. The minimum atomic E-state index is -0.557. The largest absolute Gasteiger partial charge is 0.383 e. The molecule has 1 aromatic rings. The first-order valence-electron chi connectivity index (χ1n) is 6.70. The number of hydrogen-bond acceptors (Lipinski definition) is 6. The number of aromatic nitrogens is 3. The Morgan fingerprint density at radius 3 is 2.86 bits per heavy atom. The molecular weight excluding hydrogens is 276 g/mol. The van der Waals surface area contributed by atoms with Crippen molar-refractivity contribution in [1.82, 2.24) is 30.9 Å². The van der Waals surface area contributed by atoms with Crippen molar-refractivity contribution in [2.45, 2.75) is 33.0 Å². The van der Waals surface area contributed by atoms with Crippen LogP contribution < -0.4 is 16.0 Å². The molecule has 0 fully saturated rings. The van der Waals surface area contributed by atoms with Gasteiger partial charge in [0.2, 0.25) is 5.91 Å². The second-order valence-electron chi connectivity index (χ2n) is 4.74. The molecule has 0 aliphatic rings. The van der Waals surface area contributed by atoms with E-state index in [-0.39, 0.29) is 6.54 Å². The highest BCUT2D eigenvalue weighted by Crippen LogP contribution is 1.93. The minimum absolute atomic E-state index is 0.0631. The summed E-state index contributed by atoms with van der Waals surface area (Å²) in [6, 6.07) is -0.215. The van der Waals surface area contributed by atoms with Gasteiger partial charge in [0.25, 0.3) is 0 Å². The summed E-state index contributed by atoms with van der Waals surface area (Å²) in [5, 5.41) is 15.6. The van der Waals surface area contributed by atoms with Crippen LogP contribution in [0.5, 0.6) is 0 Å². The summed E-state index contributed by atoms with van der Waals surface area (Å²) in [4.78, 5) is 23.0. The number of methoxy groups -OCH3 is 1. The highest BCUT2D eigenvalue weighted by molar-refractivity contribution is 5.94. The third-order valence-electron chi connectivity index (χ3n) is 2.43. The number of imide groups is 1. The van der Waals surface area contributed by atoms with Crippen LogP contribution in [0.2, 0.25) is 0 Å². The van der Waals surface area contributed by atoms with Gasteiger partial charge in [0, 0.05) is 26.2 Å². The van der Waals surface area contributed by atoms with Crippen molar-refractivity contribution in [2.24, 2.45) is 0 Å². The molecule has 1 aromatic heterocycles. The van der Waals surface area contributed by atoms with Gasteiger partial charge in [-0.15, -0.1) is 5.10 Å². The van der Waals surface area contributed by atoms with Crippen LogP contribution in [0.4, 0.5) is 4.79 Å². The zero-order valence-electron chi connectivity index (χ0n) is 12.5. The average Bonchev–Trinajstić information content (AvgIpc) is 2.84. The van der Waals surface area contributed by atoms with Crippen LogP contribution in [-0.4, -0.2) is 53.2 Å². The van der Waals surface area contributed by atoms with Crippen molar-refractivity contribution in [1.29, 1.82) is 0 Å². The highest BCUT2D eigenvalue weighted by atomic mass is 16.5. The number of nitrogens with zero attached hydrogens (tertiary/aromatic N) is 3.